The number of aliphatic hydroxyl groups is 1. The maximum Gasteiger partial charge on any atom is 0.334 e. The van der Waals surface area contributed by atoms with Crippen molar-refractivity contribution in [2.24, 2.45) is 11.8 Å². The molecular weight excluding hydrogens is 376 g/mol. The Bertz CT molecular complexity index is 890. The van der Waals surface area contributed by atoms with Crippen LogP contribution in [0.1, 0.15) is 37.7 Å². The average molecular weight is 400 g/mol. The molecular formula is C22H24O7. The van der Waals surface area contributed by atoms with Crippen molar-refractivity contribution in [3.63, 3.8) is 0 Å². The number of carbonyl (C=O) groups excluding carboxylic acids is 3. The zero-order chi connectivity index (χ0) is 21.3. The highest BCUT2D eigenvalue weighted by Crippen LogP contribution is 2.38. The molecule has 1 unspecified atom stereocenters. The molecule has 5 atom stereocenters. The summed E-state index contributed by atoms with van der Waals surface area (Å²) in [6.07, 6.45) is 2.47. The molecule has 2 heterocycles. The summed E-state index contributed by atoms with van der Waals surface area (Å²) < 4.78 is 16.0. The highest BCUT2D eigenvalue weighted by Gasteiger charge is 2.47. The second-order valence-electron chi connectivity index (χ2n) is 7.42. The summed E-state index contributed by atoms with van der Waals surface area (Å²) in [6, 6.07) is 3.11. The Morgan fingerprint density at radius 3 is 2.62 bits per heavy atom. The van der Waals surface area contributed by atoms with E-state index in [9.17, 15) is 19.5 Å². The van der Waals surface area contributed by atoms with Gasteiger partial charge in [0.15, 0.2) is 5.76 Å². The van der Waals surface area contributed by atoms with Crippen molar-refractivity contribution in [3.05, 3.63) is 59.6 Å². The lowest BCUT2D eigenvalue weighted by atomic mass is 9.77. The van der Waals surface area contributed by atoms with Crippen LogP contribution in [0.2, 0.25) is 0 Å². The van der Waals surface area contributed by atoms with E-state index < -0.39 is 47.9 Å². The summed E-state index contributed by atoms with van der Waals surface area (Å²) >= 11 is 0. The molecule has 0 saturated carbocycles. The van der Waals surface area contributed by atoms with Gasteiger partial charge in [-0.3, -0.25) is 9.59 Å². The summed E-state index contributed by atoms with van der Waals surface area (Å²) in [5.74, 6) is -3.16. The third-order valence-corrected chi connectivity index (χ3v) is 5.41. The van der Waals surface area contributed by atoms with Crippen LogP contribution in [0, 0.1) is 11.8 Å². The number of Topliss-reactive ketones (excluding diaryl/α,β-unsaturated/α-hetero) is 1. The van der Waals surface area contributed by atoms with E-state index in [1.54, 1.807) is 32.1 Å². The Hall–Kier alpha value is -2.93. The molecule has 7 heteroatoms. The number of hydrogen-bond acceptors (Lipinski definition) is 7. The number of aliphatic hydroxyl groups excluding tert-OH is 1. The van der Waals surface area contributed by atoms with Gasteiger partial charge in [-0.05, 0) is 37.6 Å². The molecule has 0 spiro atoms. The van der Waals surface area contributed by atoms with Gasteiger partial charge in [-0.2, -0.15) is 0 Å². The van der Waals surface area contributed by atoms with Crippen molar-refractivity contribution in [1.82, 2.24) is 0 Å². The number of carbonyl (C=O) groups is 3. The first-order valence-electron chi connectivity index (χ1n) is 9.38. The number of ketones is 1. The first-order chi connectivity index (χ1) is 13.7. The first kappa shape index (κ1) is 20.8. The summed E-state index contributed by atoms with van der Waals surface area (Å²) in [7, 11) is 0. The SMILES string of the molecule is C=C1C(=O)O[C@H]2C=C(C)[C@@H](OC(C)=O)CC=C(C)[C@H](C(=O)c3ccco3)[C@@H](O)C12. The molecule has 1 aromatic heterocycles. The van der Waals surface area contributed by atoms with Crippen molar-refractivity contribution in [2.75, 3.05) is 0 Å². The van der Waals surface area contributed by atoms with Gasteiger partial charge >= 0.3 is 11.9 Å². The second-order valence-corrected chi connectivity index (χ2v) is 7.42. The van der Waals surface area contributed by atoms with Gasteiger partial charge in [0.25, 0.3) is 0 Å². The smallest absolute Gasteiger partial charge is 0.334 e. The third-order valence-electron chi connectivity index (χ3n) is 5.41. The Kier molecular flexibility index (Phi) is 5.88. The van der Waals surface area contributed by atoms with Gasteiger partial charge in [0.2, 0.25) is 5.78 Å². The van der Waals surface area contributed by atoms with E-state index in [0.29, 0.717) is 17.6 Å². The fraction of sp³-hybridized carbons (Fsp3) is 0.409. The second kappa shape index (κ2) is 8.21. The maximum absolute atomic E-state index is 13.1. The number of esters is 2. The minimum absolute atomic E-state index is 0.0983. The molecule has 1 fully saturated rings. The number of ether oxygens (including phenoxy) is 2. The molecule has 154 valence electrons. The molecule has 3 rings (SSSR count). The van der Waals surface area contributed by atoms with Crippen molar-refractivity contribution in [2.45, 2.75) is 45.5 Å². The van der Waals surface area contributed by atoms with Gasteiger partial charge in [-0.25, -0.2) is 4.79 Å². The van der Waals surface area contributed by atoms with E-state index in [4.69, 9.17) is 13.9 Å². The highest BCUT2D eigenvalue weighted by molar-refractivity contribution is 5.98. The van der Waals surface area contributed by atoms with Crippen LogP contribution in [0.15, 0.2) is 58.3 Å². The number of rotatable bonds is 3. The fourth-order valence-corrected chi connectivity index (χ4v) is 3.87. The van der Waals surface area contributed by atoms with E-state index in [2.05, 4.69) is 6.58 Å². The van der Waals surface area contributed by atoms with Crippen molar-refractivity contribution in [3.8, 4) is 0 Å². The van der Waals surface area contributed by atoms with Crippen LogP contribution < -0.4 is 0 Å². The average Bonchev–Trinajstić information content (AvgIpc) is 3.27. The normalized spacial score (nSPS) is 30.0. The van der Waals surface area contributed by atoms with Crippen LogP contribution in [0.3, 0.4) is 0 Å². The topological polar surface area (TPSA) is 103 Å². The fourth-order valence-electron chi connectivity index (χ4n) is 3.87. The number of furan rings is 1. The molecule has 0 bridgehead atoms. The highest BCUT2D eigenvalue weighted by atomic mass is 16.6. The van der Waals surface area contributed by atoms with Crippen LogP contribution in [0.25, 0.3) is 0 Å². The first-order valence-corrected chi connectivity index (χ1v) is 9.38. The van der Waals surface area contributed by atoms with Gasteiger partial charge in [-0.1, -0.05) is 18.2 Å². The molecule has 0 amide bonds. The quantitative estimate of drug-likeness (QED) is 0.360. The number of hydrogen-bond donors (Lipinski definition) is 1. The van der Waals surface area contributed by atoms with E-state index >= 15 is 0 Å². The molecule has 2 aliphatic rings. The van der Waals surface area contributed by atoms with E-state index in [1.165, 1.54) is 19.3 Å². The van der Waals surface area contributed by atoms with E-state index in [1.807, 2.05) is 0 Å². The van der Waals surface area contributed by atoms with Crippen molar-refractivity contribution in [1.29, 1.82) is 0 Å². The van der Waals surface area contributed by atoms with Gasteiger partial charge < -0.3 is 19.0 Å². The van der Waals surface area contributed by atoms with Gasteiger partial charge in [0.05, 0.1) is 24.2 Å². The zero-order valence-corrected chi connectivity index (χ0v) is 16.6. The van der Waals surface area contributed by atoms with E-state index in [-0.39, 0.29) is 11.3 Å². The summed E-state index contributed by atoms with van der Waals surface area (Å²) in [5, 5.41) is 11.2. The Balaban J connectivity index is 2.08. The molecule has 29 heavy (non-hydrogen) atoms. The Morgan fingerprint density at radius 2 is 2.00 bits per heavy atom. The minimum Gasteiger partial charge on any atom is -0.461 e. The molecule has 7 nitrogen and oxygen atoms in total. The predicted octanol–water partition coefficient (Wildman–Crippen LogP) is 2.77. The lowest BCUT2D eigenvalue weighted by molar-refractivity contribution is -0.144. The summed E-state index contributed by atoms with van der Waals surface area (Å²) in [5.41, 5.74) is 1.36. The van der Waals surface area contributed by atoms with Gasteiger partial charge in [0.1, 0.15) is 12.2 Å². The molecule has 0 aromatic carbocycles. The van der Waals surface area contributed by atoms with Crippen LogP contribution in [0.5, 0.6) is 0 Å². The van der Waals surface area contributed by atoms with Crippen LogP contribution in [-0.2, 0) is 19.1 Å². The molecule has 1 aromatic rings. The Morgan fingerprint density at radius 1 is 1.28 bits per heavy atom. The van der Waals surface area contributed by atoms with Gasteiger partial charge in [-0.15, -0.1) is 0 Å². The molecule has 1 saturated heterocycles. The van der Waals surface area contributed by atoms with Crippen LogP contribution in [0.4, 0.5) is 0 Å². The van der Waals surface area contributed by atoms with Crippen LogP contribution in [-0.4, -0.2) is 41.1 Å². The van der Waals surface area contributed by atoms with Gasteiger partial charge in [0, 0.05) is 18.9 Å². The van der Waals surface area contributed by atoms with E-state index in [0.717, 1.165) is 0 Å². The number of fused-ring (bicyclic) bond motifs is 1. The predicted molar refractivity (Wildman–Crippen MR) is 103 cm³/mol. The minimum atomic E-state index is -1.25. The standard InChI is InChI=1S/C22H24O7/c1-11-7-8-15(28-14(4)23)12(2)10-17-19(13(3)22(26)29-17)21(25)18(11)20(24)16-6-5-9-27-16/h5-7,9-10,15,17-19,21,25H,3,8H2,1-2,4H3/t15-,17-,18+,19?,21+/m0/s1. The maximum atomic E-state index is 13.1. The molecule has 1 aliphatic carbocycles. The Labute approximate surface area is 168 Å². The molecule has 1 N–H and O–H groups in total. The van der Waals surface area contributed by atoms with Crippen molar-refractivity contribution >= 4 is 17.7 Å². The summed E-state index contributed by atoms with van der Waals surface area (Å²) in [4.78, 5) is 36.8. The molecule has 0 radical (unpaired) electrons. The summed E-state index contributed by atoms with van der Waals surface area (Å²) in [6.45, 7) is 8.57. The third kappa shape index (κ3) is 4.10. The lowest BCUT2D eigenvalue weighted by Gasteiger charge is -2.30. The lowest BCUT2D eigenvalue weighted by Crippen LogP contribution is -2.40. The van der Waals surface area contributed by atoms with Crippen molar-refractivity contribution < 1.29 is 33.4 Å². The molecule has 1 aliphatic heterocycles. The largest absolute Gasteiger partial charge is 0.461 e. The monoisotopic (exact) mass is 400 g/mol. The zero-order valence-electron chi connectivity index (χ0n) is 16.6. The van der Waals surface area contributed by atoms with Crippen LogP contribution >= 0.6 is 0 Å².